The number of Topliss-reactive ketones (excluding diaryl/α,β-unsaturated/α-hetero) is 1. The van der Waals surface area contributed by atoms with Gasteiger partial charge in [0.05, 0.1) is 0 Å². The largest absolute Gasteiger partial charge is 0.361 e. The average Bonchev–Trinajstić information content (AvgIpc) is 2.72. The van der Waals surface area contributed by atoms with E-state index in [0.29, 0.717) is 12.2 Å². The zero-order valence-corrected chi connectivity index (χ0v) is 9.62. The molecule has 2 nitrogen and oxygen atoms in total. The summed E-state index contributed by atoms with van der Waals surface area (Å²) in [5.74, 6) is 0.293. The van der Waals surface area contributed by atoms with Crippen LogP contribution in [-0.4, -0.2) is 5.78 Å². The molecule has 0 bridgehead atoms. The van der Waals surface area contributed by atoms with Crippen LogP contribution in [0, 0.1) is 0 Å². The van der Waals surface area contributed by atoms with Crippen LogP contribution in [0.3, 0.4) is 0 Å². The summed E-state index contributed by atoms with van der Waals surface area (Å²) >= 11 is 0. The topological polar surface area (TPSA) is 29.1 Å². The molecule has 0 heterocycles. The smallest absolute Gasteiger partial charge is 0.160 e. The van der Waals surface area contributed by atoms with Gasteiger partial charge in [-0.3, -0.25) is 4.79 Å². The van der Waals surface area contributed by atoms with Crippen molar-refractivity contribution in [3.63, 3.8) is 0 Å². The summed E-state index contributed by atoms with van der Waals surface area (Å²) in [7, 11) is 0. The molecule has 0 saturated heterocycles. The van der Waals surface area contributed by atoms with Crippen molar-refractivity contribution in [2.24, 2.45) is 0 Å². The third kappa shape index (κ3) is 2.32. The molecular formula is C14H17NO. The number of benzene rings is 1. The van der Waals surface area contributed by atoms with E-state index in [2.05, 4.69) is 24.4 Å². The molecule has 0 aromatic heterocycles. The van der Waals surface area contributed by atoms with Crippen molar-refractivity contribution in [3.05, 3.63) is 41.6 Å². The van der Waals surface area contributed by atoms with Gasteiger partial charge in [0.1, 0.15) is 0 Å². The van der Waals surface area contributed by atoms with Crippen LogP contribution >= 0.6 is 0 Å². The molecule has 0 radical (unpaired) electrons. The van der Waals surface area contributed by atoms with Crippen LogP contribution in [-0.2, 0) is 11.2 Å². The standard InChI is InChI=1S/C14H17NO/c1-2-11-6-3-4-8-13(11)15-10-12-7-5-9-14(12)16/h3-4,6,8,10,15H,2,5,7,9H2,1H3/b12-10-. The fraction of sp³-hybridized carbons (Fsp3) is 0.357. The number of aryl methyl sites for hydroxylation is 1. The number of hydrogen-bond acceptors (Lipinski definition) is 2. The molecule has 1 aliphatic carbocycles. The van der Waals surface area contributed by atoms with Crippen molar-refractivity contribution >= 4 is 11.5 Å². The predicted octanol–water partition coefficient (Wildman–Crippen LogP) is 3.30. The third-order valence-corrected chi connectivity index (χ3v) is 3.01. The van der Waals surface area contributed by atoms with E-state index in [9.17, 15) is 4.79 Å². The highest BCUT2D eigenvalue weighted by Gasteiger charge is 2.16. The van der Waals surface area contributed by atoms with Gasteiger partial charge in [-0.1, -0.05) is 25.1 Å². The average molecular weight is 215 g/mol. The Kier molecular flexibility index (Phi) is 3.40. The molecule has 0 unspecified atom stereocenters. The van der Waals surface area contributed by atoms with Gasteiger partial charge in [0.2, 0.25) is 0 Å². The Bertz CT molecular complexity index is 420. The van der Waals surface area contributed by atoms with Crippen LogP contribution in [0.4, 0.5) is 5.69 Å². The number of ketones is 1. The Balaban J connectivity index is 2.12. The summed E-state index contributed by atoms with van der Waals surface area (Å²) in [4.78, 5) is 11.4. The highest BCUT2D eigenvalue weighted by atomic mass is 16.1. The van der Waals surface area contributed by atoms with Crippen LogP contribution in [0.2, 0.25) is 0 Å². The summed E-state index contributed by atoms with van der Waals surface area (Å²) in [5, 5.41) is 3.25. The second kappa shape index (κ2) is 4.97. The maximum absolute atomic E-state index is 11.4. The first-order chi connectivity index (χ1) is 7.81. The molecule has 1 aliphatic rings. The Morgan fingerprint density at radius 3 is 2.81 bits per heavy atom. The summed E-state index contributed by atoms with van der Waals surface area (Å²) < 4.78 is 0. The van der Waals surface area contributed by atoms with E-state index in [1.54, 1.807) is 0 Å². The summed E-state index contributed by atoms with van der Waals surface area (Å²) in [6.07, 6.45) is 5.51. The van der Waals surface area contributed by atoms with Crippen molar-refractivity contribution in [1.82, 2.24) is 0 Å². The van der Waals surface area contributed by atoms with E-state index in [1.165, 1.54) is 5.56 Å². The Labute approximate surface area is 96.4 Å². The van der Waals surface area contributed by atoms with Gasteiger partial charge in [-0.2, -0.15) is 0 Å². The fourth-order valence-corrected chi connectivity index (χ4v) is 2.03. The molecule has 1 fully saturated rings. The minimum atomic E-state index is 0.293. The molecule has 84 valence electrons. The van der Waals surface area contributed by atoms with E-state index in [-0.39, 0.29) is 0 Å². The van der Waals surface area contributed by atoms with Crippen LogP contribution in [0.25, 0.3) is 0 Å². The maximum Gasteiger partial charge on any atom is 0.160 e. The third-order valence-electron chi connectivity index (χ3n) is 3.01. The number of carbonyl (C=O) groups excluding carboxylic acids is 1. The molecule has 1 aromatic rings. The molecule has 0 spiro atoms. The van der Waals surface area contributed by atoms with Crippen molar-refractivity contribution in [2.75, 3.05) is 5.32 Å². The zero-order chi connectivity index (χ0) is 11.4. The lowest BCUT2D eigenvalue weighted by Gasteiger charge is -2.07. The minimum Gasteiger partial charge on any atom is -0.361 e. The molecular weight excluding hydrogens is 198 g/mol. The van der Waals surface area contributed by atoms with Crippen LogP contribution in [0.5, 0.6) is 0 Å². The van der Waals surface area contributed by atoms with E-state index in [0.717, 1.165) is 30.5 Å². The number of rotatable bonds is 3. The number of hydrogen-bond donors (Lipinski definition) is 1. The van der Waals surface area contributed by atoms with E-state index >= 15 is 0 Å². The molecule has 2 heteroatoms. The zero-order valence-electron chi connectivity index (χ0n) is 9.62. The number of carbonyl (C=O) groups is 1. The lowest BCUT2D eigenvalue weighted by Crippen LogP contribution is -1.98. The van der Waals surface area contributed by atoms with Crippen LogP contribution in [0.1, 0.15) is 31.7 Å². The van der Waals surface area contributed by atoms with Gasteiger partial charge in [-0.05, 0) is 30.9 Å². The number of anilines is 1. The Morgan fingerprint density at radius 2 is 2.12 bits per heavy atom. The molecule has 2 rings (SSSR count). The SMILES string of the molecule is CCc1ccccc1N/C=C1/CCCC1=O. The lowest BCUT2D eigenvalue weighted by molar-refractivity contribution is -0.114. The Morgan fingerprint density at radius 1 is 1.31 bits per heavy atom. The molecule has 1 N–H and O–H groups in total. The van der Waals surface area contributed by atoms with E-state index in [4.69, 9.17) is 0 Å². The monoisotopic (exact) mass is 215 g/mol. The molecule has 0 atom stereocenters. The van der Waals surface area contributed by atoms with Gasteiger partial charge in [-0.25, -0.2) is 0 Å². The second-order valence-corrected chi connectivity index (χ2v) is 4.10. The first-order valence-electron chi connectivity index (χ1n) is 5.88. The molecule has 16 heavy (non-hydrogen) atoms. The van der Waals surface area contributed by atoms with E-state index in [1.807, 2.05) is 18.3 Å². The van der Waals surface area contributed by atoms with Crippen molar-refractivity contribution in [2.45, 2.75) is 32.6 Å². The van der Waals surface area contributed by atoms with Gasteiger partial charge < -0.3 is 5.32 Å². The summed E-state index contributed by atoms with van der Waals surface area (Å²) in [6.45, 7) is 2.13. The number of allylic oxidation sites excluding steroid dienone is 1. The summed E-state index contributed by atoms with van der Waals surface area (Å²) in [6, 6.07) is 8.21. The molecule has 1 saturated carbocycles. The van der Waals surface area contributed by atoms with Crippen molar-refractivity contribution in [3.8, 4) is 0 Å². The highest BCUT2D eigenvalue weighted by Crippen LogP contribution is 2.21. The van der Waals surface area contributed by atoms with Crippen LogP contribution in [0.15, 0.2) is 36.0 Å². The summed E-state index contributed by atoms with van der Waals surface area (Å²) in [5.41, 5.74) is 3.33. The van der Waals surface area contributed by atoms with Crippen LogP contribution < -0.4 is 5.32 Å². The highest BCUT2D eigenvalue weighted by molar-refractivity contribution is 5.97. The number of nitrogens with one attached hydrogen (secondary N) is 1. The quantitative estimate of drug-likeness (QED) is 0.784. The molecule has 0 amide bonds. The Hall–Kier alpha value is -1.57. The van der Waals surface area contributed by atoms with Gasteiger partial charge in [0.25, 0.3) is 0 Å². The van der Waals surface area contributed by atoms with Gasteiger partial charge in [0.15, 0.2) is 5.78 Å². The van der Waals surface area contributed by atoms with Gasteiger partial charge >= 0.3 is 0 Å². The predicted molar refractivity (Wildman–Crippen MR) is 66.4 cm³/mol. The van der Waals surface area contributed by atoms with Crippen molar-refractivity contribution in [1.29, 1.82) is 0 Å². The molecule has 0 aliphatic heterocycles. The maximum atomic E-state index is 11.4. The number of para-hydroxylation sites is 1. The first-order valence-corrected chi connectivity index (χ1v) is 5.88. The second-order valence-electron chi connectivity index (χ2n) is 4.10. The minimum absolute atomic E-state index is 0.293. The van der Waals surface area contributed by atoms with Gasteiger partial charge in [-0.15, -0.1) is 0 Å². The first kappa shape index (κ1) is 10.9. The van der Waals surface area contributed by atoms with Crippen molar-refractivity contribution < 1.29 is 4.79 Å². The fourth-order valence-electron chi connectivity index (χ4n) is 2.03. The normalized spacial score (nSPS) is 18.1. The van der Waals surface area contributed by atoms with Gasteiger partial charge in [0, 0.05) is 23.9 Å². The lowest BCUT2D eigenvalue weighted by atomic mass is 10.1. The molecule has 1 aromatic carbocycles. The van der Waals surface area contributed by atoms with E-state index < -0.39 is 0 Å².